The van der Waals surface area contributed by atoms with Gasteiger partial charge in [0.05, 0.1) is 20.8 Å². The highest BCUT2D eigenvalue weighted by molar-refractivity contribution is 9.11. The molecule has 3 heterocycles. The maximum absolute atomic E-state index is 5.64. The number of thiophene rings is 1. The van der Waals surface area contributed by atoms with Crippen molar-refractivity contribution in [1.82, 2.24) is 10.2 Å². The topological polar surface area (TPSA) is 37.9 Å². The van der Waals surface area contributed by atoms with Crippen LogP contribution in [-0.4, -0.2) is 16.8 Å². The van der Waals surface area contributed by atoms with Gasteiger partial charge in [-0.2, -0.15) is 5.10 Å². The molecule has 1 aliphatic heterocycles. The molecule has 3 nitrogen and oxygen atoms in total. The Kier molecular flexibility index (Phi) is 2.10. The Morgan fingerprint density at radius 2 is 2.53 bits per heavy atom. The van der Waals surface area contributed by atoms with E-state index in [-0.39, 0.29) is 0 Å². The normalized spacial score (nSPS) is 18.9. The van der Waals surface area contributed by atoms with E-state index in [1.165, 1.54) is 16.1 Å². The monoisotopic (exact) mass is 284 g/mol. The summed E-state index contributed by atoms with van der Waals surface area (Å²) in [7, 11) is 0. The van der Waals surface area contributed by atoms with Crippen molar-refractivity contribution in [3.8, 4) is 5.75 Å². The molecule has 2 aromatic rings. The van der Waals surface area contributed by atoms with Gasteiger partial charge in [-0.1, -0.05) is 0 Å². The Morgan fingerprint density at radius 3 is 3.27 bits per heavy atom. The van der Waals surface area contributed by atoms with Crippen LogP contribution in [0.2, 0.25) is 0 Å². The fourth-order valence-electron chi connectivity index (χ4n) is 1.89. The summed E-state index contributed by atoms with van der Waals surface area (Å²) < 4.78 is 6.76. The van der Waals surface area contributed by atoms with E-state index >= 15 is 0 Å². The first kappa shape index (κ1) is 9.42. The molecular weight excluding hydrogens is 276 g/mol. The van der Waals surface area contributed by atoms with Gasteiger partial charge in [0.2, 0.25) is 0 Å². The lowest BCUT2D eigenvalue weighted by Crippen LogP contribution is -2.04. The molecule has 0 spiro atoms. The number of aromatic nitrogens is 2. The number of aryl methyl sites for hydroxylation is 1. The Labute approximate surface area is 99.6 Å². The first-order chi connectivity index (χ1) is 7.25. The van der Waals surface area contributed by atoms with Crippen LogP contribution in [0.15, 0.2) is 16.0 Å². The molecule has 0 saturated carbocycles. The fraction of sp³-hybridized carbons (Fsp3) is 0.300. The van der Waals surface area contributed by atoms with Gasteiger partial charge in [0.15, 0.2) is 0 Å². The predicted octanol–water partition coefficient (Wildman–Crippen LogP) is 3.07. The molecule has 0 radical (unpaired) electrons. The van der Waals surface area contributed by atoms with E-state index in [0.29, 0.717) is 5.92 Å². The van der Waals surface area contributed by atoms with E-state index < -0.39 is 0 Å². The molecular formula is C10H9BrN2OS. The summed E-state index contributed by atoms with van der Waals surface area (Å²) in [6.07, 6.45) is 1.86. The molecule has 1 atom stereocenters. The van der Waals surface area contributed by atoms with E-state index in [0.717, 1.165) is 16.1 Å². The van der Waals surface area contributed by atoms with Gasteiger partial charge in [0.25, 0.3) is 0 Å². The number of halogens is 1. The van der Waals surface area contributed by atoms with Crippen molar-refractivity contribution in [3.05, 3.63) is 32.2 Å². The average molecular weight is 285 g/mol. The maximum atomic E-state index is 5.64. The van der Waals surface area contributed by atoms with Crippen molar-refractivity contribution in [1.29, 1.82) is 0 Å². The highest BCUT2D eigenvalue weighted by Gasteiger charge is 2.30. The summed E-state index contributed by atoms with van der Waals surface area (Å²) in [5, 5.41) is 7.12. The van der Waals surface area contributed by atoms with Gasteiger partial charge in [-0.3, -0.25) is 5.10 Å². The number of rotatable bonds is 1. The summed E-state index contributed by atoms with van der Waals surface area (Å²) in [5.74, 6) is 1.32. The van der Waals surface area contributed by atoms with Crippen molar-refractivity contribution in [2.45, 2.75) is 12.8 Å². The van der Waals surface area contributed by atoms with E-state index in [1.807, 2.05) is 12.3 Å². The lowest BCUT2D eigenvalue weighted by Gasteiger charge is -2.05. The number of nitrogens with one attached hydrogen (secondary N) is 1. The number of fused-ring (bicyclic) bond motifs is 1. The lowest BCUT2D eigenvalue weighted by molar-refractivity contribution is 0.341. The highest BCUT2D eigenvalue weighted by atomic mass is 79.9. The van der Waals surface area contributed by atoms with Crippen LogP contribution in [0.3, 0.4) is 0 Å². The molecule has 3 rings (SSSR count). The van der Waals surface area contributed by atoms with Gasteiger partial charge >= 0.3 is 0 Å². The van der Waals surface area contributed by atoms with Crippen molar-refractivity contribution < 1.29 is 4.74 Å². The number of hydrogen-bond donors (Lipinski definition) is 1. The third-order valence-corrected chi connectivity index (χ3v) is 4.37. The second-order valence-corrected chi connectivity index (χ2v) is 6.07. The summed E-state index contributed by atoms with van der Waals surface area (Å²) in [6, 6.07) is 2.03. The Bertz CT molecular complexity index is 505. The molecule has 5 heteroatoms. The summed E-state index contributed by atoms with van der Waals surface area (Å²) in [4.78, 5) is 1.29. The van der Waals surface area contributed by atoms with Gasteiger partial charge < -0.3 is 4.74 Å². The van der Waals surface area contributed by atoms with Gasteiger partial charge in [-0.05, 0) is 28.4 Å². The zero-order chi connectivity index (χ0) is 10.4. The smallest absolute Gasteiger partial charge is 0.135 e. The number of nitrogens with zero attached hydrogens (tertiary/aromatic N) is 1. The van der Waals surface area contributed by atoms with Gasteiger partial charge in [0, 0.05) is 11.8 Å². The maximum Gasteiger partial charge on any atom is 0.135 e. The van der Waals surface area contributed by atoms with E-state index in [9.17, 15) is 0 Å². The van der Waals surface area contributed by atoms with Crippen LogP contribution < -0.4 is 4.74 Å². The van der Waals surface area contributed by atoms with Gasteiger partial charge in [-0.15, -0.1) is 11.3 Å². The standard InChI is InChI=1S/C10H9BrN2OS/c1-5-3-12-13-9(5)6-4-14-7-2-8(11)15-10(6)7/h2-3,6H,4H2,1H3,(H,12,13). The first-order valence-electron chi connectivity index (χ1n) is 4.67. The quantitative estimate of drug-likeness (QED) is 0.874. The number of aromatic amines is 1. The van der Waals surface area contributed by atoms with Crippen LogP contribution in [0, 0.1) is 6.92 Å². The molecule has 78 valence electrons. The average Bonchev–Trinajstić information content (AvgIpc) is 2.81. The zero-order valence-corrected chi connectivity index (χ0v) is 10.5. The van der Waals surface area contributed by atoms with E-state index in [2.05, 4.69) is 33.1 Å². The minimum absolute atomic E-state index is 0.318. The third kappa shape index (κ3) is 1.41. The SMILES string of the molecule is Cc1cn[nH]c1C1COc2cc(Br)sc21. The first-order valence-corrected chi connectivity index (χ1v) is 6.28. The van der Waals surface area contributed by atoms with Gasteiger partial charge in [-0.25, -0.2) is 0 Å². The number of ether oxygens (including phenoxy) is 1. The molecule has 0 amide bonds. The lowest BCUT2D eigenvalue weighted by atomic mass is 10.0. The molecule has 2 aromatic heterocycles. The Morgan fingerprint density at radius 1 is 1.67 bits per heavy atom. The summed E-state index contributed by atoms with van der Waals surface area (Å²) in [6.45, 7) is 2.79. The summed E-state index contributed by atoms with van der Waals surface area (Å²) in [5.41, 5.74) is 2.36. The second-order valence-electron chi connectivity index (χ2n) is 3.61. The van der Waals surface area contributed by atoms with E-state index in [1.54, 1.807) is 11.3 Å². The van der Waals surface area contributed by atoms with Crippen LogP contribution in [-0.2, 0) is 0 Å². The molecule has 0 aliphatic carbocycles. The molecule has 1 unspecified atom stereocenters. The summed E-state index contributed by atoms with van der Waals surface area (Å²) >= 11 is 5.22. The highest BCUT2D eigenvalue weighted by Crippen LogP contribution is 2.45. The zero-order valence-electron chi connectivity index (χ0n) is 8.08. The van der Waals surface area contributed by atoms with Crippen LogP contribution >= 0.6 is 27.3 Å². The van der Waals surface area contributed by atoms with Crippen molar-refractivity contribution in [3.63, 3.8) is 0 Å². The fourth-order valence-corrected chi connectivity index (χ4v) is 3.54. The number of hydrogen-bond acceptors (Lipinski definition) is 3. The molecule has 0 bridgehead atoms. The molecule has 1 aliphatic rings. The minimum atomic E-state index is 0.318. The van der Waals surface area contributed by atoms with Crippen molar-refractivity contribution in [2.24, 2.45) is 0 Å². The Balaban J connectivity index is 2.07. The van der Waals surface area contributed by atoms with E-state index in [4.69, 9.17) is 4.74 Å². The molecule has 1 N–H and O–H groups in total. The molecule has 0 fully saturated rings. The minimum Gasteiger partial charge on any atom is -0.491 e. The Hall–Kier alpha value is -0.810. The van der Waals surface area contributed by atoms with Gasteiger partial charge in [0.1, 0.15) is 12.4 Å². The molecule has 15 heavy (non-hydrogen) atoms. The second kappa shape index (κ2) is 3.35. The van der Waals surface area contributed by atoms with Crippen molar-refractivity contribution in [2.75, 3.05) is 6.61 Å². The largest absolute Gasteiger partial charge is 0.491 e. The van der Waals surface area contributed by atoms with Crippen LogP contribution in [0.4, 0.5) is 0 Å². The van der Waals surface area contributed by atoms with Crippen LogP contribution in [0.5, 0.6) is 5.75 Å². The number of H-pyrrole nitrogens is 1. The molecule has 0 aromatic carbocycles. The van der Waals surface area contributed by atoms with Crippen LogP contribution in [0.1, 0.15) is 22.1 Å². The predicted molar refractivity (Wildman–Crippen MR) is 62.7 cm³/mol. The van der Waals surface area contributed by atoms with Crippen molar-refractivity contribution >= 4 is 27.3 Å². The third-order valence-electron chi connectivity index (χ3n) is 2.63. The molecule has 0 saturated heterocycles. The van der Waals surface area contributed by atoms with Crippen LogP contribution in [0.25, 0.3) is 0 Å².